The number of ether oxygens (including phenoxy) is 1. The molecule has 1 aromatic carbocycles. The van der Waals surface area contributed by atoms with E-state index in [1.54, 1.807) is 19.3 Å². The van der Waals surface area contributed by atoms with Gasteiger partial charge in [-0.25, -0.2) is 4.98 Å². The Bertz CT molecular complexity index is 1070. The number of imidazole rings is 1. The molecular weight excluding hydrogens is 358 g/mol. The van der Waals surface area contributed by atoms with Gasteiger partial charge in [-0.15, -0.1) is 0 Å². The fraction of sp³-hybridized carbons (Fsp3) is 0.200. The van der Waals surface area contributed by atoms with Crippen LogP contribution in [0.2, 0.25) is 0 Å². The first kappa shape index (κ1) is 17.7. The van der Waals surface area contributed by atoms with Gasteiger partial charge in [0.15, 0.2) is 11.5 Å². The number of pyridine rings is 1. The number of hydrogen-bond acceptors (Lipinski definition) is 6. The minimum atomic E-state index is -0.257. The molecule has 8 heteroatoms. The number of para-hydroxylation sites is 2. The van der Waals surface area contributed by atoms with Crippen LogP contribution in [0.1, 0.15) is 27.8 Å². The lowest BCUT2D eigenvalue weighted by Crippen LogP contribution is -2.27. The van der Waals surface area contributed by atoms with E-state index in [2.05, 4.69) is 20.1 Å². The van der Waals surface area contributed by atoms with Gasteiger partial charge in [0, 0.05) is 18.8 Å². The molecule has 1 N–H and O–H groups in total. The van der Waals surface area contributed by atoms with Gasteiger partial charge >= 0.3 is 0 Å². The summed E-state index contributed by atoms with van der Waals surface area (Å²) in [6, 6.07) is 13.0. The van der Waals surface area contributed by atoms with Crippen molar-refractivity contribution in [2.45, 2.75) is 20.1 Å². The maximum absolute atomic E-state index is 12.6. The second-order valence-corrected chi connectivity index (χ2v) is 6.46. The molecule has 0 atom stereocenters. The van der Waals surface area contributed by atoms with Crippen molar-refractivity contribution in [1.82, 2.24) is 25.0 Å². The molecule has 3 heterocycles. The van der Waals surface area contributed by atoms with Crippen LogP contribution in [0.25, 0.3) is 11.0 Å². The number of aryl methyl sites for hydroxylation is 1. The monoisotopic (exact) mass is 377 g/mol. The van der Waals surface area contributed by atoms with Crippen molar-refractivity contribution in [3.8, 4) is 5.75 Å². The molecule has 0 aliphatic rings. The summed E-state index contributed by atoms with van der Waals surface area (Å²) in [7, 11) is 1.69. The lowest BCUT2D eigenvalue weighted by Gasteiger charge is -2.13. The molecule has 0 aliphatic carbocycles. The Labute approximate surface area is 161 Å². The average Bonchev–Trinajstić information content (AvgIpc) is 3.33. The highest BCUT2D eigenvalue weighted by Gasteiger charge is 2.18. The van der Waals surface area contributed by atoms with Crippen molar-refractivity contribution in [3.63, 3.8) is 0 Å². The molecule has 0 saturated heterocycles. The minimum absolute atomic E-state index is 0.165. The molecule has 4 aromatic rings. The molecule has 0 spiro atoms. The summed E-state index contributed by atoms with van der Waals surface area (Å²) >= 11 is 0. The lowest BCUT2D eigenvalue weighted by atomic mass is 10.3. The summed E-state index contributed by atoms with van der Waals surface area (Å²) in [5.41, 5.74) is 2.93. The SMILES string of the molecule is Cc1ccc(OCc2cc(C(=O)N(C)Cc3nc4ccccc4[nH]3)no2)cn1. The number of nitrogens with one attached hydrogen (secondary N) is 1. The summed E-state index contributed by atoms with van der Waals surface area (Å²) in [5, 5.41) is 3.86. The largest absolute Gasteiger partial charge is 0.484 e. The number of aromatic nitrogens is 4. The second kappa shape index (κ2) is 7.51. The maximum atomic E-state index is 12.6. The molecule has 0 radical (unpaired) electrons. The van der Waals surface area contributed by atoms with Gasteiger partial charge in [-0.05, 0) is 31.2 Å². The van der Waals surface area contributed by atoms with Crippen molar-refractivity contribution < 1.29 is 14.1 Å². The van der Waals surface area contributed by atoms with Crippen LogP contribution >= 0.6 is 0 Å². The molecule has 0 bridgehead atoms. The number of fused-ring (bicyclic) bond motifs is 1. The predicted octanol–water partition coefficient (Wildman–Crippen LogP) is 3.11. The van der Waals surface area contributed by atoms with E-state index in [9.17, 15) is 4.79 Å². The molecule has 0 aliphatic heterocycles. The Morgan fingerprint density at radius 3 is 2.89 bits per heavy atom. The van der Waals surface area contributed by atoms with Crippen molar-refractivity contribution in [3.05, 3.63) is 71.6 Å². The molecule has 3 aromatic heterocycles. The van der Waals surface area contributed by atoms with E-state index in [-0.39, 0.29) is 18.2 Å². The number of amides is 1. The first-order valence-corrected chi connectivity index (χ1v) is 8.78. The van der Waals surface area contributed by atoms with Crippen LogP contribution < -0.4 is 4.74 Å². The van der Waals surface area contributed by atoms with Gasteiger partial charge < -0.3 is 19.1 Å². The zero-order valence-electron chi connectivity index (χ0n) is 15.5. The molecular formula is C20H19N5O3. The van der Waals surface area contributed by atoms with Gasteiger partial charge in [-0.2, -0.15) is 0 Å². The summed E-state index contributed by atoms with van der Waals surface area (Å²) in [6.45, 7) is 2.40. The Morgan fingerprint density at radius 2 is 2.11 bits per heavy atom. The number of hydrogen-bond donors (Lipinski definition) is 1. The van der Waals surface area contributed by atoms with Crippen LogP contribution in [0.3, 0.4) is 0 Å². The molecule has 0 unspecified atom stereocenters. The van der Waals surface area contributed by atoms with Crippen molar-refractivity contribution in [2.24, 2.45) is 0 Å². The zero-order valence-corrected chi connectivity index (χ0v) is 15.5. The number of carbonyl (C=O) groups excluding carboxylic acids is 1. The van der Waals surface area contributed by atoms with E-state index in [1.807, 2.05) is 43.3 Å². The third-order valence-electron chi connectivity index (χ3n) is 4.22. The van der Waals surface area contributed by atoms with Crippen LogP contribution in [0, 0.1) is 6.92 Å². The van der Waals surface area contributed by atoms with Gasteiger partial charge in [-0.3, -0.25) is 9.78 Å². The van der Waals surface area contributed by atoms with E-state index in [4.69, 9.17) is 9.26 Å². The van der Waals surface area contributed by atoms with Crippen LogP contribution in [0.15, 0.2) is 53.2 Å². The molecule has 1 amide bonds. The van der Waals surface area contributed by atoms with E-state index in [1.165, 1.54) is 4.90 Å². The maximum Gasteiger partial charge on any atom is 0.276 e. The average molecular weight is 377 g/mol. The van der Waals surface area contributed by atoms with Gasteiger partial charge in [0.25, 0.3) is 5.91 Å². The van der Waals surface area contributed by atoms with E-state index < -0.39 is 0 Å². The first-order chi connectivity index (χ1) is 13.6. The number of H-pyrrole nitrogens is 1. The molecule has 0 saturated carbocycles. The number of benzene rings is 1. The number of aromatic amines is 1. The number of carbonyl (C=O) groups is 1. The fourth-order valence-corrected chi connectivity index (χ4v) is 2.75. The Balaban J connectivity index is 1.38. The molecule has 8 nitrogen and oxygen atoms in total. The molecule has 0 fully saturated rings. The number of nitrogens with zero attached hydrogens (tertiary/aromatic N) is 4. The lowest BCUT2D eigenvalue weighted by molar-refractivity contribution is 0.0771. The summed E-state index contributed by atoms with van der Waals surface area (Å²) in [5.74, 6) is 1.53. The normalized spacial score (nSPS) is 10.9. The smallest absolute Gasteiger partial charge is 0.276 e. The van der Waals surface area contributed by atoms with Gasteiger partial charge in [-0.1, -0.05) is 17.3 Å². The summed E-state index contributed by atoms with van der Waals surface area (Å²) in [6.07, 6.45) is 1.64. The summed E-state index contributed by atoms with van der Waals surface area (Å²) in [4.78, 5) is 26.0. The summed E-state index contributed by atoms with van der Waals surface area (Å²) < 4.78 is 10.8. The molecule has 142 valence electrons. The van der Waals surface area contributed by atoms with Gasteiger partial charge in [0.2, 0.25) is 0 Å². The highest BCUT2D eigenvalue weighted by atomic mass is 16.5. The third kappa shape index (κ3) is 3.85. The van der Waals surface area contributed by atoms with E-state index in [0.29, 0.717) is 23.9 Å². The van der Waals surface area contributed by atoms with Crippen molar-refractivity contribution in [1.29, 1.82) is 0 Å². The highest BCUT2D eigenvalue weighted by molar-refractivity contribution is 5.92. The van der Waals surface area contributed by atoms with Gasteiger partial charge in [0.1, 0.15) is 18.2 Å². The van der Waals surface area contributed by atoms with E-state index in [0.717, 1.165) is 16.7 Å². The Kier molecular flexibility index (Phi) is 4.76. The van der Waals surface area contributed by atoms with Crippen LogP contribution in [-0.4, -0.2) is 38.0 Å². The topological polar surface area (TPSA) is 97.1 Å². The van der Waals surface area contributed by atoms with Gasteiger partial charge in [0.05, 0.1) is 23.8 Å². The van der Waals surface area contributed by atoms with E-state index >= 15 is 0 Å². The van der Waals surface area contributed by atoms with Crippen molar-refractivity contribution in [2.75, 3.05) is 7.05 Å². The van der Waals surface area contributed by atoms with Crippen LogP contribution in [-0.2, 0) is 13.2 Å². The standard InChI is InChI=1S/C20H19N5O3/c1-13-7-8-14(10-21-13)27-12-15-9-18(24-28-15)20(26)25(2)11-19-22-16-5-3-4-6-17(16)23-19/h3-10H,11-12H2,1-2H3,(H,22,23). The predicted molar refractivity (Wildman–Crippen MR) is 102 cm³/mol. The fourth-order valence-electron chi connectivity index (χ4n) is 2.75. The number of rotatable bonds is 6. The van der Waals surface area contributed by atoms with Crippen LogP contribution in [0.5, 0.6) is 5.75 Å². The molecule has 28 heavy (non-hydrogen) atoms. The third-order valence-corrected chi connectivity index (χ3v) is 4.22. The Morgan fingerprint density at radius 1 is 1.25 bits per heavy atom. The Hall–Kier alpha value is -3.68. The van der Waals surface area contributed by atoms with Crippen molar-refractivity contribution >= 4 is 16.9 Å². The zero-order chi connectivity index (χ0) is 19.5. The second-order valence-electron chi connectivity index (χ2n) is 6.46. The quantitative estimate of drug-likeness (QED) is 0.554. The first-order valence-electron chi connectivity index (χ1n) is 8.78. The highest BCUT2D eigenvalue weighted by Crippen LogP contribution is 2.15. The molecule has 4 rings (SSSR count). The minimum Gasteiger partial charge on any atom is -0.484 e. The van der Waals surface area contributed by atoms with Crippen LogP contribution in [0.4, 0.5) is 0 Å².